The second-order valence-electron chi connectivity index (χ2n) is 13.9. The molecule has 270 valence electrons. The summed E-state index contributed by atoms with van der Waals surface area (Å²) in [5.41, 5.74) is 16.6. The molecular formula is C43H54N4O4. The Morgan fingerprint density at radius 3 is 2.20 bits per heavy atom. The van der Waals surface area contributed by atoms with Crippen molar-refractivity contribution in [1.82, 2.24) is 14.4 Å². The van der Waals surface area contributed by atoms with Gasteiger partial charge in [-0.15, -0.1) is 0 Å². The molecule has 0 spiro atoms. The number of rotatable bonds is 11. The summed E-state index contributed by atoms with van der Waals surface area (Å²) in [6, 6.07) is 22.2. The maximum absolute atomic E-state index is 14.9. The van der Waals surface area contributed by atoms with E-state index in [-0.39, 0.29) is 30.9 Å². The summed E-state index contributed by atoms with van der Waals surface area (Å²) < 4.78 is 2.32. The first-order chi connectivity index (χ1) is 24.8. The first-order valence-electron chi connectivity index (χ1n) is 18.5. The van der Waals surface area contributed by atoms with Crippen LogP contribution in [-0.4, -0.2) is 56.9 Å². The number of amides is 3. The monoisotopic (exact) mass is 690 g/mol. The quantitative estimate of drug-likeness (QED) is 0.176. The highest BCUT2D eigenvalue weighted by molar-refractivity contribution is 6.02. The summed E-state index contributed by atoms with van der Waals surface area (Å²) in [5.74, 6) is 0.0572. The van der Waals surface area contributed by atoms with Gasteiger partial charge in [0.1, 0.15) is 0 Å². The number of hydrogen-bond acceptors (Lipinski definition) is 4. The number of nitrogens with two attached hydrogens (primary N) is 1. The van der Waals surface area contributed by atoms with Gasteiger partial charge >= 0.3 is 0 Å². The second kappa shape index (κ2) is 17.5. The highest BCUT2D eigenvalue weighted by Crippen LogP contribution is 2.39. The van der Waals surface area contributed by atoms with Gasteiger partial charge in [-0.05, 0) is 96.5 Å². The van der Waals surface area contributed by atoms with Gasteiger partial charge in [-0.25, -0.2) is 0 Å². The lowest BCUT2D eigenvalue weighted by molar-refractivity contribution is -0.131. The van der Waals surface area contributed by atoms with E-state index < -0.39 is 0 Å². The third-order valence-electron chi connectivity index (χ3n) is 10.7. The number of aliphatic hydroxyl groups excluding tert-OH is 1. The number of aliphatic hydroxyl groups is 1. The number of unbranched alkanes of at least 4 members (excludes halogenated alkanes) is 2. The second-order valence-corrected chi connectivity index (χ2v) is 13.9. The van der Waals surface area contributed by atoms with E-state index in [1.165, 1.54) is 27.9 Å². The molecule has 0 radical (unpaired) electrons. The van der Waals surface area contributed by atoms with Crippen molar-refractivity contribution in [3.63, 3.8) is 0 Å². The Balaban J connectivity index is 0.00000162. The number of carbonyl (C=O) groups excluding carboxylic acids is 3. The molecule has 0 aliphatic carbocycles. The molecule has 0 unspecified atom stereocenters. The summed E-state index contributed by atoms with van der Waals surface area (Å²) >= 11 is 0. The molecule has 3 aromatic carbocycles. The van der Waals surface area contributed by atoms with Crippen LogP contribution in [0.1, 0.15) is 94.5 Å². The molecule has 3 N–H and O–H groups in total. The molecule has 2 aliphatic heterocycles. The van der Waals surface area contributed by atoms with Crippen LogP contribution >= 0.6 is 0 Å². The summed E-state index contributed by atoms with van der Waals surface area (Å²) in [6.07, 6.45) is 8.50. The van der Waals surface area contributed by atoms with Crippen LogP contribution in [0.15, 0.2) is 66.7 Å². The summed E-state index contributed by atoms with van der Waals surface area (Å²) in [7, 11) is 2.15. The van der Waals surface area contributed by atoms with Crippen LogP contribution in [0.25, 0.3) is 11.3 Å². The molecule has 1 aromatic heterocycles. The molecule has 8 heteroatoms. The van der Waals surface area contributed by atoms with Gasteiger partial charge in [-0.2, -0.15) is 0 Å². The molecule has 0 fully saturated rings. The van der Waals surface area contributed by atoms with Crippen molar-refractivity contribution >= 4 is 18.2 Å². The van der Waals surface area contributed by atoms with E-state index >= 15 is 0 Å². The van der Waals surface area contributed by atoms with Gasteiger partial charge in [0.2, 0.25) is 12.3 Å². The molecule has 3 heterocycles. The van der Waals surface area contributed by atoms with Crippen LogP contribution in [0.3, 0.4) is 0 Å². The summed E-state index contributed by atoms with van der Waals surface area (Å²) in [4.78, 5) is 40.8. The molecule has 6 rings (SSSR count). The molecule has 8 nitrogen and oxygen atoms in total. The number of fused-ring (bicyclic) bond motifs is 2. The van der Waals surface area contributed by atoms with Crippen LogP contribution in [0.5, 0.6) is 0 Å². The van der Waals surface area contributed by atoms with Crippen LogP contribution in [0.2, 0.25) is 0 Å². The zero-order valence-corrected chi connectivity index (χ0v) is 30.8. The van der Waals surface area contributed by atoms with E-state index in [0.717, 1.165) is 72.9 Å². The third-order valence-corrected chi connectivity index (χ3v) is 10.7. The number of aromatic nitrogens is 1. The number of hydrogen-bond donors (Lipinski definition) is 2. The van der Waals surface area contributed by atoms with Crippen LogP contribution in [-0.2, 0) is 61.8 Å². The maximum Gasteiger partial charge on any atom is 0.255 e. The molecule has 0 bridgehead atoms. The maximum atomic E-state index is 14.9. The minimum atomic E-state index is -0.296. The predicted molar refractivity (Wildman–Crippen MR) is 203 cm³/mol. The molecule has 0 saturated heterocycles. The van der Waals surface area contributed by atoms with Crippen LogP contribution in [0, 0.1) is 6.92 Å². The standard InChI is InChI=1S/C42H51N3O3.CH3NO/c1-5-7-18-36-29(3)43(4)41(37(36)19-8-6-2)38-24-32-20-21-44(40(47)22-30-14-10-9-11-15-30)26-34(32)25-39(38)42(48)45-27-33-17-13-12-16-31(33)23-35(45)28-46;2-1-3/h9-17,24-25,35,46H,5-8,18-23,26-28H2,1-4H3;1H,(H2,2,3)/t35-;/m0./s1. The molecule has 0 saturated carbocycles. The summed E-state index contributed by atoms with van der Waals surface area (Å²) in [6.45, 7) is 8.24. The zero-order valence-electron chi connectivity index (χ0n) is 30.8. The van der Waals surface area contributed by atoms with Crippen molar-refractivity contribution in [3.8, 4) is 11.3 Å². The SMILES string of the molecule is CCCCc1c(CCCC)c(-c2cc3c(cc2C(=O)N2Cc4ccccc4C[C@H]2CO)CN(C(=O)Cc2ccccc2)CC3)n(C)c1C.NC=O. The smallest absolute Gasteiger partial charge is 0.255 e. The average molecular weight is 691 g/mol. The van der Waals surface area contributed by atoms with Crippen molar-refractivity contribution < 1.29 is 19.5 Å². The Hall–Kier alpha value is -4.69. The van der Waals surface area contributed by atoms with Gasteiger partial charge in [0.05, 0.1) is 24.8 Å². The van der Waals surface area contributed by atoms with E-state index in [2.05, 4.69) is 62.4 Å². The first kappa shape index (κ1) is 37.6. The fourth-order valence-corrected chi connectivity index (χ4v) is 7.81. The average Bonchev–Trinajstić information content (AvgIpc) is 3.39. The topological polar surface area (TPSA) is 109 Å². The highest BCUT2D eigenvalue weighted by Gasteiger charge is 2.34. The normalized spacial score (nSPS) is 15.0. The summed E-state index contributed by atoms with van der Waals surface area (Å²) in [5, 5.41) is 10.5. The van der Waals surface area contributed by atoms with Crippen molar-refractivity contribution in [2.75, 3.05) is 13.2 Å². The molecule has 2 aliphatic rings. The van der Waals surface area contributed by atoms with Gasteiger partial charge in [0.25, 0.3) is 5.91 Å². The largest absolute Gasteiger partial charge is 0.394 e. The lowest BCUT2D eigenvalue weighted by atomic mass is 9.87. The highest BCUT2D eigenvalue weighted by atomic mass is 16.3. The van der Waals surface area contributed by atoms with Gasteiger partial charge in [0, 0.05) is 43.5 Å². The van der Waals surface area contributed by atoms with Gasteiger partial charge in [-0.1, -0.05) is 81.3 Å². The number of carbonyl (C=O) groups is 3. The number of benzene rings is 3. The number of nitrogens with zero attached hydrogens (tertiary/aromatic N) is 3. The van der Waals surface area contributed by atoms with E-state index in [1.807, 2.05) is 52.3 Å². The lowest BCUT2D eigenvalue weighted by Gasteiger charge is -2.37. The van der Waals surface area contributed by atoms with E-state index in [4.69, 9.17) is 4.79 Å². The fraction of sp³-hybridized carbons (Fsp3) is 0.419. The predicted octanol–water partition coefficient (Wildman–Crippen LogP) is 6.47. The molecule has 51 heavy (non-hydrogen) atoms. The Morgan fingerprint density at radius 2 is 1.53 bits per heavy atom. The Morgan fingerprint density at radius 1 is 0.882 bits per heavy atom. The third kappa shape index (κ3) is 8.28. The van der Waals surface area contributed by atoms with Crippen molar-refractivity contribution in [1.29, 1.82) is 0 Å². The Bertz CT molecular complexity index is 1830. The minimum absolute atomic E-state index is 0.0514. The van der Waals surface area contributed by atoms with Gasteiger partial charge < -0.3 is 25.2 Å². The first-order valence-corrected chi connectivity index (χ1v) is 18.5. The van der Waals surface area contributed by atoms with Crippen molar-refractivity contribution in [2.45, 2.75) is 97.7 Å². The molecule has 4 aromatic rings. The van der Waals surface area contributed by atoms with E-state index in [0.29, 0.717) is 38.0 Å². The Labute approximate surface area is 303 Å². The Kier molecular flexibility index (Phi) is 12.9. The fourth-order valence-electron chi connectivity index (χ4n) is 7.81. The molecule has 1 atom stereocenters. The minimum Gasteiger partial charge on any atom is -0.394 e. The molecular weight excluding hydrogens is 636 g/mol. The number of primary amides is 1. The van der Waals surface area contributed by atoms with Gasteiger partial charge in [-0.3, -0.25) is 14.4 Å². The van der Waals surface area contributed by atoms with Crippen LogP contribution < -0.4 is 5.73 Å². The molecule has 3 amide bonds. The van der Waals surface area contributed by atoms with Gasteiger partial charge in [0.15, 0.2) is 0 Å². The van der Waals surface area contributed by atoms with Crippen molar-refractivity contribution in [2.24, 2.45) is 12.8 Å². The van der Waals surface area contributed by atoms with E-state index in [9.17, 15) is 14.7 Å². The van der Waals surface area contributed by atoms with Crippen molar-refractivity contribution in [3.05, 3.63) is 117 Å². The zero-order chi connectivity index (χ0) is 36.5. The van der Waals surface area contributed by atoms with E-state index in [1.54, 1.807) is 0 Å². The lowest BCUT2D eigenvalue weighted by Crippen LogP contribution is -2.46. The van der Waals surface area contributed by atoms with Crippen LogP contribution in [0.4, 0.5) is 0 Å².